The van der Waals surface area contributed by atoms with Crippen LogP contribution < -0.4 is 0 Å². The van der Waals surface area contributed by atoms with E-state index in [1.54, 1.807) is 0 Å². The molecule has 0 N–H and O–H groups in total. The highest BCUT2D eigenvalue weighted by Gasteiger charge is 2.42. The second-order valence-corrected chi connectivity index (χ2v) is 4.33. The SMILES string of the molecule is CCCCCCCCN1CC(F)(F)C1. The predicted molar refractivity (Wildman–Crippen MR) is 54.8 cm³/mol. The Bertz CT molecular complexity index is 151. The summed E-state index contributed by atoms with van der Waals surface area (Å²) in [4.78, 5) is 1.85. The first kappa shape index (κ1) is 11.9. The highest BCUT2D eigenvalue weighted by Crippen LogP contribution is 2.26. The molecule has 0 unspecified atom stereocenters. The molecule has 14 heavy (non-hydrogen) atoms. The standard InChI is InChI=1S/C11H21F2N/c1-2-3-4-5-6-7-8-14-9-11(12,13)10-14/h2-10H2,1H3. The Kier molecular flexibility index (Phi) is 4.79. The van der Waals surface area contributed by atoms with Crippen molar-refractivity contribution < 1.29 is 8.78 Å². The van der Waals surface area contributed by atoms with Crippen molar-refractivity contribution in [2.45, 2.75) is 51.4 Å². The number of nitrogens with zero attached hydrogens (tertiary/aromatic N) is 1. The summed E-state index contributed by atoms with van der Waals surface area (Å²) >= 11 is 0. The van der Waals surface area contributed by atoms with Crippen molar-refractivity contribution in [1.82, 2.24) is 4.90 Å². The van der Waals surface area contributed by atoms with Gasteiger partial charge in [-0.1, -0.05) is 39.0 Å². The molecule has 0 aromatic rings. The molecule has 0 atom stereocenters. The molecule has 0 aliphatic carbocycles. The van der Waals surface area contributed by atoms with E-state index in [-0.39, 0.29) is 13.1 Å². The molecule has 0 bridgehead atoms. The first-order valence-corrected chi connectivity index (χ1v) is 5.74. The van der Waals surface area contributed by atoms with Crippen molar-refractivity contribution >= 4 is 0 Å². The fourth-order valence-corrected chi connectivity index (χ4v) is 1.88. The molecule has 1 rings (SSSR count). The van der Waals surface area contributed by atoms with Crippen molar-refractivity contribution in [2.24, 2.45) is 0 Å². The minimum Gasteiger partial charge on any atom is -0.291 e. The molecule has 3 heteroatoms. The van der Waals surface area contributed by atoms with Gasteiger partial charge in [-0.05, 0) is 13.0 Å². The monoisotopic (exact) mass is 205 g/mol. The number of hydrogen-bond donors (Lipinski definition) is 0. The van der Waals surface area contributed by atoms with Gasteiger partial charge in [-0.2, -0.15) is 0 Å². The Morgan fingerprint density at radius 3 is 2.14 bits per heavy atom. The number of alkyl halides is 2. The van der Waals surface area contributed by atoms with Gasteiger partial charge >= 0.3 is 0 Å². The van der Waals surface area contributed by atoms with Crippen LogP contribution in [-0.4, -0.2) is 30.5 Å². The van der Waals surface area contributed by atoms with E-state index in [9.17, 15) is 8.78 Å². The second kappa shape index (κ2) is 5.64. The summed E-state index contributed by atoms with van der Waals surface area (Å²) in [6.07, 6.45) is 7.41. The van der Waals surface area contributed by atoms with Gasteiger partial charge < -0.3 is 0 Å². The Morgan fingerprint density at radius 2 is 1.57 bits per heavy atom. The molecule has 0 radical (unpaired) electrons. The van der Waals surface area contributed by atoms with Gasteiger partial charge in [0.25, 0.3) is 5.92 Å². The van der Waals surface area contributed by atoms with E-state index in [0.29, 0.717) is 0 Å². The van der Waals surface area contributed by atoms with Crippen LogP contribution >= 0.6 is 0 Å². The van der Waals surface area contributed by atoms with E-state index in [1.807, 2.05) is 4.90 Å². The lowest BCUT2D eigenvalue weighted by Gasteiger charge is -2.38. The summed E-state index contributed by atoms with van der Waals surface area (Å²) in [6.45, 7) is 3.04. The van der Waals surface area contributed by atoms with E-state index in [1.165, 1.54) is 32.1 Å². The van der Waals surface area contributed by atoms with Gasteiger partial charge in [-0.15, -0.1) is 0 Å². The van der Waals surface area contributed by atoms with Crippen molar-refractivity contribution in [2.75, 3.05) is 19.6 Å². The number of unbranched alkanes of at least 4 members (excludes halogenated alkanes) is 5. The Balaban J connectivity index is 1.82. The summed E-state index contributed by atoms with van der Waals surface area (Å²) in [6, 6.07) is 0. The zero-order valence-electron chi connectivity index (χ0n) is 9.07. The van der Waals surface area contributed by atoms with Crippen LogP contribution in [0.15, 0.2) is 0 Å². The van der Waals surface area contributed by atoms with Gasteiger partial charge in [-0.25, -0.2) is 8.78 Å². The maximum absolute atomic E-state index is 12.4. The molecule has 1 aliphatic rings. The molecular formula is C11H21F2N. The van der Waals surface area contributed by atoms with Gasteiger partial charge in [0.15, 0.2) is 0 Å². The molecule has 84 valence electrons. The molecule has 1 heterocycles. The molecule has 0 spiro atoms. The summed E-state index contributed by atoms with van der Waals surface area (Å²) < 4.78 is 24.8. The predicted octanol–water partition coefficient (Wildman–Crippen LogP) is 3.30. The van der Waals surface area contributed by atoms with Crippen LogP contribution in [0.2, 0.25) is 0 Å². The highest BCUT2D eigenvalue weighted by molar-refractivity contribution is 4.86. The molecule has 1 aliphatic heterocycles. The lowest BCUT2D eigenvalue weighted by molar-refractivity contribution is -0.130. The maximum atomic E-state index is 12.4. The van der Waals surface area contributed by atoms with Crippen LogP contribution in [0.5, 0.6) is 0 Å². The number of rotatable bonds is 7. The number of halogens is 2. The second-order valence-electron chi connectivity index (χ2n) is 4.33. The zero-order chi connectivity index (χ0) is 10.4. The van der Waals surface area contributed by atoms with Crippen LogP contribution in [0.4, 0.5) is 8.78 Å². The zero-order valence-corrected chi connectivity index (χ0v) is 9.07. The molecule has 0 amide bonds. The van der Waals surface area contributed by atoms with Crippen LogP contribution in [-0.2, 0) is 0 Å². The van der Waals surface area contributed by atoms with Gasteiger partial charge in [0, 0.05) is 0 Å². The van der Waals surface area contributed by atoms with Crippen LogP contribution in [0.3, 0.4) is 0 Å². The smallest absolute Gasteiger partial charge is 0.272 e. The van der Waals surface area contributed by atoms with Gasteiger partial charge in [0.1, 0.15) is 0 Å². The molecule has 1 saturated heterocycles. The van der Waals surface area contributed by atoms with Crippen molar-refractivity contribution in [1.29, 1.82) is 0 Å². The van der Waals surface area contributed by atoms with Crippen molar-refractivity contribution in [3.63, 3.8) is 0 Å². The van der Waals surface area contributed by atoms with Crippen molar-refractivity contribution in [3.8, 4) is 0 Å². The van der Waals surface area contributed by atoms with Gasteiger partial charge in [0.2, 0.25) is 0 Å². The van der Waals surface area contributed by atoms with Crippen LogP contribution in [0, 0.1) is 0 Å². The molecule has 0 aromatic heterocycles. The fourth-order valence-electron chi connectivity index (χ4n) is 1.88. The average Bonchev–Trinajstić information content (AvgIpc) is 2.07. The van der Waals surface area contributed by atoms with Crippen molar-refractivity contribution in [3.05, 3.63) is 0 Å². The van der Waals surface area contributed by atoms with E-state index in [0.717, 1.165) is 13.0 Å². The third kappa shape index (κ3) is 4.36. The third-order valence-electron chi connectivity index (χ3n) is 2.74. The number of hydrogen-bond acceptors (Lipinski definition) is 1. The average molecular weight is 205 g/mol. The number of likely N-dealkylation sites (tertiary alicyclic amines) is 1. The molecule has 1 nitrogen and oxygen atoms in total. The molecule has 1 fully saturated rings. The Hall–Kier alpha value is -0.180. The third-order valence-corrected chi connectivity index (χ3v) is 2.74. The molecule has 0 aromatic carbocycles. The van der Waals surface area contributed by atoms with Gasteiger partial charge in [0.05, 0.1) is 13.1 Å². The minimum atomic E-state index is -2.39. The first-order valence-electron chi connectivity index (χ1n) is 5.74. The Labute approximate surface area is 85.5 Å². The fraction of sp³-hybridized carbons (Fsp3) is 1.00. The summed E-state index contributed by atoms with van der Waals surface area (Å²) in [5, 5.41) is 0. The van der Waals surface area contributed by atoms with E-state index in [2.05, 4.69) is 6.92 Å². The quantitative estimate of drug-likeness (QED) is 0.576. The van der Waals surface area contributed by atoms with Gasteiger partial charge in [-0.3, -0.25) is 4.90 Å². The lowest BCUT2D eigenvalue weighted by Crippen LogP contribution is -2.56. The minimum absolute atomic E-state index is 0.0119. The van der Waals surface area contributed by atoms with E-state index >= 15 is 0 Å². The summed E-state index contributed by atoms with van der Waals surface area (Å²) in [5.41, 5.74) is 0. The summed E-state index contributed by atoms with van der Waals surface area (Å²) in [5.74, 6) is -2.39. The maximum Gasteiger partial charge on any atom is 0.272 e. The molecule has 0 saturated carbocycles. The van der Waals surface area contributed by atoms with E-state index < -0.39 is 5.92 Å². The van der Waals surface area contributed by atoms with Crippen LogP contribution in [0.25, 0.3) is 0 Å². The van der Waals surface area contributed by atoms with E-state index in [4.69, 9.17) is 0 Å². The Morgan fingerprint density at radius 1 is 1.00 bits per heavy atom. The summed E-state index contributed by atoms with van der Waals surface area (Å²) in [7, 11) is 0. The highest BCUT2D eigenvalue weighted by atomic mass is 19.3. The van der Waals surface area contributed by atoms with Crippen LogP contribution in [0.1, 0.15) is 45.4 Å². The normalized spacial score (nSPS) is 20.8. The lowest BCUT2D eigenvalue weighted by atomic mass is 10.1. The topological polar surface area (TPSA) is 3.24 Å². The first-order chi connectivity index (χ1) is 6.64. The molecular weight excluding hydrogens is 184 g/mol. The largest absolute Gasteiger partial charge is 0.291 e.